The molecule has 1 atom stereocenters. The number of ether oxygens (including phenoxy) is 1. The molecule has 0 saturated carbocycles. The molecule has 3 nitrogen and oxygen atoms in total. The van der Waals surface area contributed by atoms with E-state index in [1.807, 2.05) is 30.3 Å². The zero-order valence-electron chi connectivity index (χ0n) is 11.1. The van der Waals surface area contributed by atoms with Crippen LogP contribution in [0.15, 0.2) is 46.9 Å². The Hall–Kier alpha value is -1.43. The van der Waals surface area contributed by atoms with E-state index < -0.39 is 0 Å². The molecule has 0 saturated heterocycles. The first-order chi connectivity index (χ1) is 9.62. The molecule has 0 heterocycles. The number of benzene rings is 2. The number of nitrogens with two attached hydrogens (primary N) is 1. The Morgan fingerprint density at radius 1 is 1.30 bits per heavy atom. The van der Waals surface area contributed by atoms with Gasteiger partial charge in [0.25, 0.3) is 0 Å². The normalized spacial score (nSPS) is 12.2. The number of hydrogen-bond donors (Lipinski definition) is 2. The van der Waals surface area contributed by atoms with E-state index in [4.69, 9.17) is 10.6 Å². The Bertz CT molecular complexity index is 572. The molecule has 0 aliphatic carbocycles. The molecule has 2 aromatic carbocycles. The molecule has 1 unspecified atom stereocenters. The summed E-state index contributed by atoms with van der Waals surface area (Å²) in [5.41, 5.74) is 4.59. The first kappa shape index (κ1) is 15.0. The first-order valence-corrected chi connectivity index (χ1v) is 6.96. The van der Waals surface area contributed by atoms with Crippen molar-refractivity contribution >= 4 is 15.9 Å². The topological polar surface area (TPSA) is 47.3 Å². The molecular formula is C15H16BrFN2O. The van der Waals surface area contributed by atoms with E-state index in [0.717, 1.165) is 16.9 Å². The van der Waals surface area contributed by atoms with Crippen molar-refractivity contribution in [3.8, 4) is 5.75 Å². The van der Waals surface area contributed by atoms with Crippen LogP contribution in [0.25, 0.3) is 0 Å². The molecule has 3 N–H and O–H groups in total. The zero-order valence-corrected chi connectivity index (χ0v) is 12.7. The van der Waals surface area contributed by atoms with E-state index in [2.05, 4.69) is 21.4 Å². The van der Waals surface area contributed by atoms with Crippen LogP contribution >= 0.6 is 15.9 Å². The summed E-state index contributed by atoms with van der Waals surface area (Å²) < 4.78 is 19.4. The number of methoxy groups -OCH3 is 1. The summed E-state index contributed by atoms with van der Waals surface area (Å²) in [6, 6.07) is 12.3. The van der Waals surface area contributed by atoms with Gasteiger partial charge < -0.3 is 4.74 Å². The smallest absolute Gasteiger partial charge is 0.124 e. The van der Waals surface area contributed by atoms with Gasteiger partial charge >= 0.3 is 0 Å². The molecule has 0 aliphatic rings. The maximum atomic E-state index is 13.5. The van der Waals surface area contributed by atoms with Crippen molar-refractivity contribution in [1.82, 2.24) is 5.43 Å². The van der Waals surface area contributed by atoms with Crippen LogP contribution in [0.3, 0.4) is 0 Å². The lowest BCUT2D eigenvalue weighted by molar-refractivity contribution is 0.414. The van der Waals surface area contributed by atoms with E-state index in [1.54, 1.807) is 7.11 Å². The lowest BCUT2D eigenvalue weighted by atomic mass is 9.99. The molecule has 0 bridgehead atoms. The predicted octanol–water partition coefficient (Wildman–Crippen LogP) is 3.34. The van der Waals surface area contributed by atoms with Crippen LogP contribution in [-0.2, 0) is 6.42 Å². The standard InChI is InChI=1S/C15H16BrFN2O/c1-20-14-4-2-3-10(5-14)6-15(19-18)11-7-12(16)9-13(17)8-11/h2-5,7-9,15,19H,6,18H2,1H3. The fourth-order valence-corrected chi connectivity index (χ4v) is 2.57. The fourth-order valence-electron chi connectivity index (χ4n) is 2.08. The van der Waals surface area contributed by atoms with Crippen molar-refractivity contribution in [2.45, 2.75) is 12.5 Å². The third kappa shape index (κ3) is 3.79. The minimum absolute atomic E-state index is 0.172. The maximum absolute atomic E-state index is 13.5. The van der Waals surface area contributed by atoms with Crippen molar-refractivity contribution in [3.05, 3.63) is 63.9 Å². The molecule has 106 valence electrons. The molecular weight excluding hydrogens is 323 g/mol. The SMILES string of the molecule is COc1cccc(CC(NN)c2cc(F)cc(Br)c2)c1. The molecule has 5 heteroatoms. The third-order valence-electron chi connectivity index (χ3n) is 3.06. The predicted molar refractivity (Wildman–Crippen MR) is 80.9 cm³/mol. The quantitative estimate of drug-likeness (QED) is 0.649. The highest BCUT2D eigenvalue weighted by Gasteiger charge is 2.13. The van der Waals surface area contributed by atoms with Gasteiger partial charge in [-0.2, -0.15) is 0 Å². The van der Waals surface area contributed by atoms with Crippen LogP contribution in [0.2, 0.25) is 0 Å². The second-order valence-electron chi connectivity index (χ2n) is 4.48. The van der Waals surface area contributed by atoms with Gasteiger partial charge in [-0.25, -0.2) is 4.39 Å². The van der Waals surface area contributed by atoms with E-state index in [-0.39, 0.29) is 11.9 Å². The number of halogens is 2. The van der Waals surface area contributed by atoms with Gasteiger partial charge in [-0.1, -0.05) is 28.1 Å². The van der Waals surface area contributed by atoms with Crippen LogP contribution in [-0.4, -0.2) is 7.11 Å². The Kier molecular flexibility index (Phi) is 5.11. The van der Waals surface area contributed by atoms with Gasteiger partial charge in [0, 0.05) is 4.47 Å². The van der Waals surface area contributed by atoms with Crippen molar-refractivity contribution in [2.75, 3.05) is 7.11 Å². The molecule has 0 amide bonds. The van der Waals surface area contributed by atoms with Crippen LogP contribution in [0.1, 0.15) is 17.2 Å². The van der Waals surface area contributed by atoms with Gasteiger partial charge in [0.2, 0.25) is 0 Å². The number of rotatable bonds is 5. The van der Waals surface area contributed by atoms with Gasteiger partial charge in [0.15, 0.2) is 0 Å². The summed E-state index contributed by atoms with van der Waals surface area (Å²) in [5.74, 6) is 6.10. The summed E-state index contributed by atoms with van der Waals surface area (Å²) in [6.07, 6.45) is 0.642. The van der Waals surface area contributed by atoms with Gasteiger partial charge in [0.1, 0.15) is 11.6 Å². The van der Waals surface area contributed by atoms with E-state index in [9.17, 15) is 4.39 Å². The van der Waals surface area contributed by atoms with Gasteiger partial charge in [0.05, 0.1) is 13.2 Å². The maximum Gasteiger partial charge on any atom is 0.124 e. The van der Waals surface area contributed by atoms with Crippen LogP contribution in [0.5, 0.6) is 5.75 Å². The molecule has 20 heavy (non-hydrogen) atoms. The van der Waals surface area contributed by atoms with Crippen LogP contribution in [0.4, 0.5) is 4.39 Å². The Balaban J connectivity index is 2.23. The Morgan fingerprint density at radius 3 is 2.75 bits per heavy atom. The molecule has 0 fully saturated rings. The summed E-state index contributed by atoms with van der Waals surface area (Å²) in [4.78, 5) is 0. The summed E-state index contributed by atoms with van der Waals surface area (Å²) in [7, 11) is 1.63. The number of hydrazine groups is 1. The summed E-state index contributed by atoms with van der Waals surface area (Å²) in [6.45, 7) is 0. The second-order valence-corrected chi connectivity index (χ2v) is 5.39. The van der Waals surface area contributed by atoms with Gasteiger partial charge in [-0.3, -0.25) is 11.3 Å². The summed E-state index contributed by atoms with van der Waals surface area (Å²) in [5, 5.41) is 0. The van der Waals surface area contributed by atoms with E-state index in [0.29, 0.717) is 10.9 Å². The van der Waals surface area contributed by atoms with E-state index in [1.165, 1.54) is 12.1 Å². The largest absolute Gasteiger partial charge is 0.497 e. The number of hydrogen-bond acceptors (Lipinski definition) is 3. The van der Waals surface area contributed by atoms with Crippen molar-refractivity contribution in [1.29, 1.82) is 0 Å². The molecule has 0 aliphatic heterocycles. The third-order valence-corrected chi connectivity index (χ3v) is 3.52. The highest BCUT2D eigenvalue weighted by atomic mass is 79.9. The monoisotopic (exact) mass is 338 g/mol. The van der Waals surface area contributed by atoms with Crippen molar-refractivity contribution in [2.24, 2.45) is 5.84 Å². The highest BCUT2D eigenvalue weighted by molar-refractivity contribution is 9.10. The molecule has 0 radical (unpaired) electrons. The Morgan fingerprint density at radius 2 is 2.10 bits per heavy atom. The van der Waals surface area contributed by atoms with Crippen LogP contribution < -0.4 is 16.0 Å². The lowest BCUT2D eigenvalue weighted by Crippen LogP contribution is -2.29. The van der Waals surface area contributed by atoms with Gasteiger partial charge in [-0.15, -0.1) is 0 Å². The molecule has 0 aromatic heterocycles. The minimum atomic E-state index is -0.291. The lowest BCUT2D eigenvalue weighted by Gasteiger charge is -2.17. The van der Waals surface area contributed by atoms with Crippen LogP contribution in [0, 0.1) is 5.82 Å². The highest BCUT2D eigenvalue weighted by Crippen LogP contribution is 2.24. The minimum Gasteiger partial charge on any atom is -0.497 e. The van der Waals surface area contributed by atoms with Crippen molar-refractivity contribution in [3.63, 3.8) is 0 Å². The summed E-state index contributed by atoms with van der Waals surface area (Å²) >= 11 is 3.29. The Labute approximate surface area is 126 Å². The molecule has 2 rings (SSSR count). The average Bonchev–Trinajstić information content (AvgIpc) is 2.44. The fraction of sp³-hybridized carbons (Fsp3) is 0.200. The zero-order chi connectivity index (χ0) is 14.5. The molecule has 0 spiro atoms. The van der Waals surface area contributed by atoms with Gasteiger partial charge in [-0.05, 0) is 47.9 Å². The van der Waals surface area contributed by atoms with E-state index >= 15 is 0 Å². The first-order valence-electron chi connectivity index (χ1n) is 6.17. The second kappa shape index (κ2) is 6.83. The van der Waals surface area contributed by atoms with Crippen molar-refractivity contribution < 1.29 is 9.13 Å². The number of nitrogens with one attached hydrogen (secondary N) is 1. The average molecular weight is 339 g/mol. The molecule has 2 aromatic rings.